The molecule has 0 saturated heterocycles. The van der Waals surface area contributed by atoms with Gasteiger partial charge >= 0.3 is 0 Å². The summed E-state index contributed by atoms with van der Waals surface area (Å²) in [5.74, 6) is 1.34. The molecule has 4 aromatic rings. The molecule has 200 valence electrons. The fraction of sp³-hybridized carbons (Fsp3) is 0.419. The summed E-state index contributed by atoms with van der Waals surface area (Å²) < 4.78 is 1.58. The smallest absolute Gasteiger partial charge is 0.248 e. The van der Waals surface area contributed by atoms with Gasteiger partial charge in [-0.25, -0.2) is 0 Å². The van der Waals surface area contributed by atoms with E-state index in [4.69, 9.17) is 5.73 Å². The van der Waals surface area contributed by atoms with Crippen LogP contribution in [0.3, 0.4) is 0 Å². The number of nitrogens with one attached hydrogen (secondary N) is 2. The van der Waals surface area contributed by atoms with Crippen molar-refractivity contribution >= 4 is 17.6 Å². The van der Waals surface area contributed by atoms with Gasteiger partial charge in [0.25, 0.3) is 0 Å². The molecule has 2 aromatic heterocycles. The number of aromatic nitrogens is 5. The summed E-state index contributed by atoms with van der Waals surface area (Å²) in [5.41, 5.74) is 14.8. The molecule has 0 spiro atoms. The van der Waals surface area contributed by atoms with Crippen LogP contribution in [0.5, 0.6) is 0 Å². The minimum Gasteiger partial charge on any atom is -0.368 e. The second kappa shape index (κ2) is 10.4. The monoisotopic (exact) mass is 520 g/mol. The van der Waals surface area contributed by atoms with E-state index in [1.54, 1.807) is 4.68 Å². The number of hydrogen-bond acceptors (Lipinski definition) is 7. The van der Waals surface area contributed by atoms with E-state index < -0.39 is 0 Å². The normalized spacial score (nSPS) is 19.0. The van der Waals surface area contributed by atoms with E-state index >= 15 is 0 Å². The molecule has 0 amide bonds. The Labute approximate surface area is 229 Å². The van der Waals surface area contributed by atoms with Crippen molar-refractivity contribution in [1.29, 1.82) is 0 Å². The Hall–Kier alpha value is -3.78. The summed E-state index contributed by atoms with van der Waals surface area (Å²) in [4.78, 5) is 4.49. The average molecular weight is 521 g/mol. The highest BCUT2D eigenvalue weighted by Gasteiger charge is 2.22. The van der Waals surface area contributed by atoms with Gasteiger partial charge in [-0.3, -0.25) is 0 Å². The predicted octanol–water partition coefficient (Wildman–Crippen LogP) is 5.32. The molecule has 8 nitrogen and oxygen atoms in total. The standard InChI is InChI=1S/C31H36N8/c32-30-35-31(34-26-17-13-20-12-15-25(16-14-22(20)18-26)33-24-9-2-3-10-24)38-39(30)28-19-23-8-5-7-21-6-1-4-11-27(21)29(23)37-36-28/h1,4,6,11,13,17-19,24-25,33H,2-3,5,7-10,12,14-16H2,(H3,32,34,35,38)/t25-/m0/s1. The largest absolute Gasteiger partial charge is 0.368 e. The lowest BCUT2D eigenvalue weighted by Gasteiger charge is -2.21. The minimum absolute atomic E-state index is 0.288. The molecule has 8 heteroatoms. The van der Waals surface area contributed by atoms with Gasteiger partial charge in [0.15, 0.2) is 5.82 Å². The summed E-state index contributed by atoms with van der Waals surface area (Å²) in [5, 5.41) is 21.1. The third-order valence-corrected chi connectivity index (χ3v) is 8.69. The van der Waals surface area contributed by atoms with Crippen molar-refractivity contribution in [3.63, 3.8) is 0 Å². The first-order valence-electron chi connectivity index (χ1n) is 14.5. The van der Waals surface area contributed by atoms with Crippen molar-refractivity contribution in [1.82, 2.24) is 30.3 Å². The maximum absolute atomic E-state index is 6.30. The van der Waals surface area contributed by atoms with Crippen molar-refractivity contribution in [3.8, 4) is 17.1 Å². The Bertz CT molecular complexity index is 1490. The lowest BCUT2D eigenvalue weighted by Crippen LogP contribution is -2.36. The molecule has 3 aliphatic rings. The van der Waals surface area contributed by atoms with Crippen molar-refractivity contribution in [2.24, 2.45) is 0 Å². The molecule has 1 fully saturated rings. The van der Waals surface area contributed by atoms with Gasteiger partial charge in [0.1, 0.15) is 0 Å². The van der Waals surface area contributed by atoms with Crippen molar-refractivity contribution in [2.75, 3.05) is 11.1 Å². The highest BCUT2D eigenvalue weighted by molar-refractivity contribution is 5.68. The van der Waals surface area contributed by atoms with Crippen LogP contribution in [-0.2, 0) is 25.7 Å². The SMILES string of the molecule is Nc1nc(Nc2ccc3c(c2)CC[C@@H](NC2CCCC2)CC3)nn1-c1cc2c(nn1)-c1ccccc1CCC2. The molecular weight excluding hydrogens is 484 g/mol. The number of nitrogens with two attached hydrogens (primary N) is 1. The molecule has 1 saturated carbocycles. The van der Waals surface area contributed by atoms with E-state index in [9.17, 15) is 0 Å². The first kappa shape index (κ1) is 24.3. The second-order valence-electron chi connectivity index (χ2n) is 11.3. The van der Waals surface area contributed by atoms with Gasteiger partial charge in [-0.15, -0.1) is 15.3 Å². The third kappa shape index (κ3) is 5.01. The van der Waals surface area contributed by atoms with Crippen LogP contribution in [0.15, 0.2) is 48.5 Å². The Balaban J connectivity index is 1.08. The number of fused-ring (bicyclic) bond motifs is 4. The molecule has 0 bridgehead atoms. The molecule has 39 heavy (non-hydrogen) atoms. The van der Waals surface area contributed by atoms with Crippen LogP contribution in [0.1, 0.15) is 67.2 Å². The van der Waals surface area contributed by atoms with Crippen LogP contribution in [0.2, 0.25) is 0 Å². The predicted molar refractivity (Wildman–Crippen MR) is 154 cm³/mol. The Morgan fingerprint density at radius 1 is 0.744 bits per heavy atom. The lowest BCUT2D eigenvalue weighted by atomic mass is 10.0. The average Bonchev–Trinajstić information content (AvgIpc) is 3.49. The molecule has 0 aliphatic heterocycles. The first-order chi connectivity index (χ1) is 19.2. The maximum Gasteiger partial charge on any atom is 0.248 e. The van der Waals surface area contributed by atoms with E-state index in [2.05, 4.69) is 79.4 Å². The van der Waals surface area contributed by atoms with Crippen LogP contribution >= 0.6 is 0 Å². The summed E-state index contributed by atoms with van der Waals surface area (Å²) in [6.45, 7) is 0. The van der Waals surface area contributed by atoms with Crippen molar-refractivity contribution < 1.29 is 0 Å². The van der Waals surface area contributed by atoms with Crippen molar-refractivity contribution in [3.05, 3.63) is 70.8 Å². The van der Waals surface area contributed by atoms with Gasteiger partial charge in [0, 0.05) is 23.3 Å². The van der Waals surface area contributed by atoms with Gasteiger partial charge in [-0.2, -0.15) is 9.67 Å². The molecule has 0 unspecified atom stereocenters. The van der Waals surface area contributed by atoms with Crippen LogP contribution in [0, 0.1) is 0 Å². The van der Waals surface area contributed by atoms with Crippen LogP contribution in [0.4, 0.5) is 17.6 Å². The molecular formula is C31H36N8. The Morgan fingerprint density at radius 3 is 2.44 bits per heavy atom. The fourth-order valence-corrected chi connectivity index (χ4v) is 6.63. The zero-order chi connectivity index (χ0) is 26.2. The maximum atomic E-state index is 6.30. The summed E-state index contributed by atoms with van der Waals surface area (Å²) >= 11 is 0. The number of hydrogen-bond donors (Lipinski definition) is 3. The summed E-state index contributed by atoms with van der Waals surface area (Å²) in [6.07, 6.45) is 13.1. The Kier molecular flexibility index (Phi) is 6.48. The number of aryl methyl sites for hydroxylation is 4. The molecule has 4 N–H and O–H groups in total. The fourth-order valence-electron chi connectivity index (χ4n) is 6.63. The zero-order valence-electron chi connectivity index (χ0n) is 22.4. The first-order valence-corrected chi connectivity index (χ1v) is 14.5. The van der Waals surface area contributed by atoms with Gasteiger partial charge in [-0.1, -0.05) is 43.2 Å². The topological polar surface area (TPSA) is 107 Å². The molecule has 2 aromatic carbocycles. The van der Waals surface area contributed by atoms with E-state index in [0.29, 0.717) is 17.8 Å². The number of benzene rings is 2. The van der Waals surface area contributed by atoms with E-state index in [1.807, 2.05) is 0 Å². The number of anilines is 3. The second-order valence-corrected chi connectivity index (χ2v) is 11.3. The van der Waals surface area contributed by atoms with Gasteiger partial charge in [0.05, 0.1) is 5.69 Å². The quantitative estimate of drug-likeness (QED) is 0.306. The molecule has 2 heterocycles. The van der Waals surface area contributed by atoms with Gasteiger partial charge in [0.2, 0.25) is 11.9 Å². The molecule has 3 aliphatic carbocycles. The van der Waals surface area contributed by atoms with Gasteiger partial charge in [-0.05, 0) is 98.2 Å². The van der Waals surface area contributed by atoms with Crippen molar-refractivity contribution in [2.45, 2.75) is 82.7 Å². The highest BCUT2D eigenvalue weighted by Crippen LogP contribution is 2.32. The van der Waals surface area contributed by atoms with E-state index in [1.165, 1.54) is 66.3 Å². The number of rotatable bonds is 5. The Morgan fingerprint density at radius 2 is 1.54 bits per heavy atom. The van der Waals surface area contributed by atoms with Crippen LogP contribution in [0.25, 0.3) is 17.1 Å². The number of nitrogens with zero attached hydrogens (tertiary/aromatic N) is 5. The van der Waals surface area contributed by atoms with E-state index in [-0.39, 0.29) is 5.95 Å². The summed E-state index contributed by atoms with van der Waals surface area (Å²) in [6, 6.07) is 18.5. The lowest BCUT2D eigenvalue weighted by molar-refractivity contribution is 0.398. The minimum atomic E-state index is 0.288. The van der Waals surface area contributed by atoms with Gasteiger partial charge < -0.3 is 16.4 Å². The van der Waals surface area contributed by atoms with E-state index in [0.717, 1.165) is 49.5 Å². The highest BCUT2D eigenvalue weighted by atomic mass is 15.4. The molecule has 7 rings (SSSR count). The third-order valence-electron chi connectivity index (χ3n) is 8.69. The van der Waals surface area contributed by atoms with Crippen LogP contribution in [-0.4, -0.2) is 37.0 Å². The molecule has 1 atom stereocenters. The van der Waals surface area contributed by atoms with Crippen LogP contribution < -0.4 is 16.4 Å². The summed E-state index contributed by atoms with van der Waals surface area (Å²) in [7, 11) is 0. The zero-order valence-corrected chi connectivity index (χ0v) is 22.4. The number of nitrogen functional groups attached to an aromatic ring is 1. The molecule has 0 radical (unpaired) electrons.